The summed E-state index contributed by atoms with van der Waals surface area (Å²) in [5, 5.41) is 45.0. The lowest BCUT2D eigenvalue weighted by molar-refractivity contribution is -0.121. The Morgan fingerprint density at radius 2 is 1.78 bits per heavy atom. The molecule has 0 amide bonds. The van der Waals surface area contributed by atoms with Crippen molar-refractivity contribution in [1.82, 2.24) is 14.9 Å². The van der Waals surface area contributed by atoms with E-state index in [0.29, 0.717) is 25.0 Å². The largest absolute Gasteiger partial charge is 0.504 e. The van der Waals surface area contributed by atoms with Crippen LogP contribution < -0.4 is 15.8 Å². The summed E-state index contributed by atoms with van der Waals surface area (Å²) in [4.78, 5) is 15.8. The van der Waals surface area contributed by atoms with Crippen LogP contribution >= 0.6 is 0 Å². The summed E-state index contributed by atoms with van der Waals surface area (Å²) in [6.07, 6.45) is 7.92. The lowest BCUT2D eigenvalue weighted by atomic mass is 9.97. The molecule has 2 aromatic heterocycles. The van der Waals surface area contributed by atoms with Crippen LogP contribution in [0.1, 0.15) is 78.6 Å². The first-order valence-electron chi connectivity index (χ1n) is 17.5. The molecule has 0 bridgehead atoms. The number of aromatic nitrogens is 2. The van der Waals surface area contributed by atoms with Gasteiger partial charge in [-0.15, -0.1) is 0 Å². The monoisotopic (exact) mass is 682 g/mol. The molecule has 0 saturated carbocycles. The number of aromatic amines is 1. The summed E-state index contributed by atoms with van der Waals surface area (Å²) in [5.74, 6) is 0.238. The number of ketones is 1. The summed E-state index contributed by atoms with van der Waals surface area (Å²) >= 11 is 0. The fraction of sp³-hybridized carbons (Fsp3) is 0.375. The number of rotatable bonds is 20. The van der Waals surface area contributed by atoms with Gasteiger partial charge in [0, 0.05) is 43.4 Å². The number of phenols is 1. The van der Waals surface area contributed by atoms with E-state index < -0.39 is 12.2 Å². The Morgan fingerprint density at radius 3 is 2.56 bits per heavy atom. The molecule has 8 N–H and O–H groups in total. The normalized spacial score (nSPS) is 13.4. The zero-order valence-corrected chi connectivity index (χ0v) is 28.7. The third-order valence-electron chi connectivity index (χ3n) is 9.10. The zero-order valence-electron chi connectivity index (χ0n) is 28.7. The van der Waals surface area contributed by atoms with E-state index >= 15 is 0 Å². The Balaban J connectivity index is 1.17. The minimum Gasteiger partial charge on any atom is -0.504 e. The van der Waals surface area contributed by atoms with Crippen LogP contribution in [0.3, 0.4) is 0 Å². The molecule has 10 heteroatoms. The number of aliphatic hydroxyl groups is 3. The van der Waals surface area contributed by atoms with Crippen molar-refractivity contribution < 1.29 is 30.0 Å². The van der Waals surface area contributed by atoms with E-state index in [-0.39, 0.29) is 50.3 Å². The van der Waals surface area contributed by atoms with Gasteiger partial charge in [-0.1, -0.05) is 67.9 Å². The van der Waals surface area contributed by atoms with Crippen molar-refractivity contribution >= 4 is 16.7 Å². The Kier molecular flexibility index (Phi) is 13.2. The van der Waals surface area contributed by atoms with Crippen LogP contribution in [-0.4, -0.2) is 54.5 Å². The number of aromatic hydroxyl groups is 1. The van der Waals surface area contributed by atoms with E-state index in [0.717, 1.165) is 58.1 Å². The SMILES string of the molecule is CCCC(O)CC(O)CC(=O)CCc1ccc(O)c(OCn2cc3[nH]cc(Cc4cc(C(N)NCCc5ccccc5)ccc4CO)c3c2)c1. The van der Waals surface area contributed by atoms with Gasteiger partial charge in [0.1, 0.15) is 5.78 Å². The Labute approximate surface area is 293 Å². The maximum Gasteiger partial charge on any atom is 0.165 e. The fourth-order valence-corrected chi connectivity index (χ4v) is 6.31. The number of phenolic OH excluding ortho intramolecular Hbond substituents is 1. The second-order valence-electron chi connectivity index (χ2n) is 13.1. The van der Waals surface area contributed by atoms with Crippen molar-refractivity contribution in [2.45, 2.75) is 90.0 Å². The highest BCUT2D eigenvalue weighted by atomic mass is 16.5. The van der Waals surface area contributed by atoms with Gasteiger partial charge in [0.2, 0.25) is 0 Å². The lowest BCUT2D eigenvalue weighted by Gasteiger charge is -2.17. The van der Waals surface area contributed by atoms with E-state index in [1.54, 1.807) is 18.2 Å². The maximum atomic E-state index is 12.4. The molecule has 5 aromatic rings. The number of ether oxygens (including phenoxy) is 1. The van der Waals surface area contributed by atoms with Gasteiger partial charge in [-0.05, 0) is 77.6 Å². The van der Waals surface area contributed by atoms with Crippen molar-refractivity contribution in [2.75, 3.05) is 6.54 Å². The van der Waals surface area contributed by atoms with Gasteiger partial charge >= 0.3 is 0 Å². The van der Waals surface area contributed by atoms with Gasteiger partial charge in [-0.25, -0.2) is 0 Å². The minimum absolute atomic E-state index is 0.00277. The number of aryl methyl sites for hydroxylation is 1. The standard InChI is InChI=1S/C40H50N4O6/c1-2-6-33(46)20-35(48)21-34(47)13-9-28-10-14-38(49)39(17-28)50-26-44-23-36-32(22-43-37(36)24-44)19-31-18-29(11-12-30(31)25-45)40(41)42-16-15-27-7-4-3-5-8-27/h3-5,7-8,10-12,14,17-18,22-24,33,35,40,42-43,45-46,48-49H,2,6,9,13,15-16,19-21,25-26,41H2,1H3. The van der Waals surface area contributed by atoms with Crippen LogP contribution in [0.15, 0.2) is 85.3 Å². The number of hydrogen-bond donors (Lipinski definition) is 7. The van der Waals surface area contributed by atoms with Crippen LogP contribution in [0.2, 0.25) is 0 Å². The maximum absolute atomic E-state index is 12.4. The van der Waals surface area contributed by atoms with E-state index in [1.807, 2.05) is 60.4 Å². The molecule has 0 fully saturated rings. The van der Waals surface area contributed by atoms with Crippen molar-refractivity contribution in [3.63, 3.8) is 0 Å². The van der Waals surface area contributed by atoms with E-state index in [1.165, 1.54) is 5.56 Å². The Hall–Kier alpha value is -4.45. The third-order valence-corrected chi connectivity index (χ3v) is 9.10. The fourth-order valence-electron chi connectivity index (χ4n) is 6.31. The van der Waals surface area contributed by atoms with Crippen LogP contribution in [-0.2, 0) is 37.4 Å². The molecular formula is C40H50N4O6. The van der Waals surface area contributed by atoms with Gasteiger partial charge in [0.25, 0.3) is 0 Å². The molecule has 3 atom stereocenters. The number of H-pyrrole nitrogens is 1. The predicted octanol–water partition coefficient (Wildman–Crippen LogP) is 5.39. The van der Waals surface area contributed by atoms with Gasteiger partial charge in [0.15, 0.2) is 18.2 Å². The molecule has 3 aromatic carbocycles. The summed E-state index contributed by atoms with van der Waals surface area (Å²) in [6, 6.07) is 21.3. The van der Waals surface area contributed by atoms with Crippen LogP contribution in [0.4, 0.5) is 0 Å². The molecule has 0 aliphatic rings. The number of benzene rings is 3. The van der Waals surface area contributed by atoms with Gasteiger partial charge in [0.05, 0.1) is 30.5 Å². The second kappa shape index (κ2) is 18.0. The van der Waals surface area contributed by atoms with Gasteiger partial charge < -0.3 is 40.4 Å². The molecule has 0 saturated heterocycles. The lowest BCUT2D eigenvalue weighted by Crippen LogP contribution is -2.30. The highest BCUT2D eigenvalue weighted by molar-refractivity contribution is 5.83. The molecule has 0 aliphatic heterocycles. The first-order valence-corrected chi connectivity index (χ1v) is 17.5. The van der Waals surface area contributed by atoms with E-state index in [9.17, 15) is 25.2 Å². The average Bonchev–Trinajstić information content (AvgIpc) is 3.68. The number of Topliss-reactive ketones (excluding diaryl/α,β-unsaturated/α-hetero) is 1. The smallest absolute Gasteiger partial charge is 0.165 e. The highest BCUT2D eigenvalue weighted by Gasteiger charge is 2.17. The predicted molar refractivity (Wildman–Crippen MR) is 195 cm³/mol. The second-order valence-corrected chi connectivity index (χ2v) is 13.1. The van der Waals surface area contributed by atoms with Crippen molar-refractivity contribution in [2.24, 2.45) is 5.73 Å². The first kappa shape index (κ1) is 36.8. The quantitative estimate of drug-likeness (QED) is 0.0537. The number of aliphatic hydroxyl groups excluding tert-OH is 3. The van der Waals surface area contributed by atoms with Gasteiger partial charge in [-0.2, -0.15) is 0 Å². The Bertz CT molecular complexity index is 1820. The topological polar surface area (TPSA) is 166 Å². The first-order chi connectivity index (χ1) is 24.2. The molecule has 0 radical (unpaired) electrons. The Morgan fingerprint density at radius 1 is 0.960 bits per heavy atom. The number of carbonyl (C=O) groups is 1. The molecule has 50 heavy (non-hydrogen) atoms. The summed E-state index contributed by atoms with van der Waals surface area (Å²) in [6.45, 7) is 2.79. The molecule has 2 heterocycles. The number of nitrogens with one attached hydrogen (secondary N) is 2. The summed E-state index contributed by atoms with van der Waals surface area (Å²) in [5.41, 5.74) is 13.4. The van der Waals surface area contributed by atoms with E-state index in [2.05, 4.69) is 28.5 Å². The number of nitrogens with zero attached hydrogens (tertiary/aromatic N) is 1. The third kappa shape index (κ3) is 10.3. The van der Waals surface area contributed by atoms with Crippen molar-refractivity contribution in [3.05, 3.63) is 119 Å². The molecule has 0 spiro atoms. The summed E-state index contributed by atoms with van der Waals surface area (Å²) in [7, 11) is 0. The number of fused-ring (bicyclic) bond motifs is 1. The number of nitrogens with two attached hydrogens (primary N) is 1. The highest BCUT2D eigenvalue weighted by Crippen LogP contribution is 2.29. The van der Waals surface area contributed by atoms with Crippen molar-refractivity contribution in [1.29, 1.82) is 0 Å². The molecule has 3 unspecified atom stereocenters. The minimum atomic E-state index is -0.853. The molecular weight excluding hydrogens is 632 g/mol. The van der Waals surface area contributed by atoms with Crippen LogP contribution in [0, 0.1) is 0 Å². The number of hydrogen-bond acceptors (Lipinski definition) is 8. The number of carbonyl (C=O) groups excluding carboxylic acids is 1. The molecule has 0 aliphatic carbocycles. The molecule has 266 valence electrons. The average molecular weight is 683 g/mol. The molecule has 5 rings (SSSR count). The van der Waals surface area contributed by atoms with Crippen LogP contribution in [0.25, 0.3) is 10.9 Å². The molecule has 10 nitrogen and oxygen atoms in total. The van der Waals surface area contributed by atoms with E-state index in [4.69, 9.17) is 10.5 Å². The van der Waals surface area contributed by atoms with Crippen LogP contribution in [0.5, 0.6) is 11.5 Å². The summed E-state index contributed by atoms with van der Waals surface area (Å²) < 4.78 is 7.88. The van der Waals surface area contributed by atoms with Crippen molar-refractivity contribution in [3.8, 4) is 11.5 Å². The van der Waals surface area contributed by atoms with Gasteiger partial charge in [-0.3, -0.25) is 10.1 Å². The zero-order chi connectivity index (χ0) is 35.5.